The molecule has 0 spiro atoms. The first kappa shape index (κ1) is 22.5. The van der Waals surface area contributed by atoms with Crippen LogP contribution in [0.1, 0.15) is 0 Å². The molecule has 3 heterocycles. The maximum Gasteiger partial charge on any atom is 0.196 e. The number of fused-ring (bicyclic) bond motifs is 4. The zero-order chi connectivity index (χ0) is 26.5. The lowest BCUT2D eigenvalue weighted by molar-refractivity contribution is 0.625. The second-order valence-corrected chi connectivity index (χ2v) is 9.87. The zero-order valence-corrected chi connectivity index (χ0v) is 21.4. The Labute approximate surface area is 230 Å². The van der Waals surface area contributed by atoms with Crippen LogP contribution in [0.15, 0.2) is 142 Å². The molecule has 0 unspecified atom stereocenters. The average molecular weight is 515 g/mol. The van der Waals surface area contributed by atoms with Crippen LogP contribution in [0, 0.1) is 0 Å². The van der Waals surface area contributed by atoms with E-state index in [4.69, 9.17) is 18.8 Å². The maximum absolute atomic E-state index is 6.20. The van der Waals surface area contributed by atoms with Crippen molar-refractivity contribution in [3.8, 4) is 45.2 Å². The number of aromatic nitrogens is 2. The minimum absolute atomic E-state index is 0.547. The molecule has 0 saturated carbocycles. The molecule has 0 aliphatic carbocycles. The Bertz CT molecular complexity index is 2140. The van der Waals surface area contributed by atoms with Crippen molar-refractivity contribution in [2.45, 2.75) is 0 Å². The van der Waals surface area contributed by atoms with Crippen LogP contribution in [0.25, 0.3) is 78.1 Å². The monoisotopic (exact) mass is 514 g/mol. The summed E-state index contributed by atoms with van der Waals surface area (Å²) in [4.78, 5) is 10.0. The van der Waals surface area contributed by atoms with Gasteiger partial charge in [-0.3, -0.25) is 0 Å². The van der Waals surface area contributed by atoms with Gasteiger partial charge < -0.3 is 8.83 Å². The second kappa shape index (κ2) is 9.07. The Hall–Kier alpha value is -5.48. The third-order valence-corrected chi connectivity index (χ3v) is 7.31. The van der Waals surface area contributed by atoms with E-state index in [1.807, 2.05) is 60.7 Å². The SMILES string of the molecule is c1ccc(-c2cccc(-c3cc(-c4ccc5oc6ccccc6c5c4)nc(-c4cc5ccccc5o4)n3)c2)cc1. The molecule has 0 saturated heterocycles. The van der Waals surface area contributed by atoms with E-state index in [-0.39, 0.29) is 0 Å². The number of benzene rings is 5. The summed E-state index contributed by atoms with van der Waals surface area (Å²) in [5, 5.41) is 3.16. The summed E-state index contributed by atoms with van der Waals surface area (Å²) < 4.78 is 12.3. The van der Waals surface area contributed by atoms with Crippen molar-refractivity contribution < 1.29 is 8.83 Å². The molecule has 0 fully saturated rings. The Kier molecular flexibility index (Phi) is 5.10. The lowest BCUT2D eigenvalue weighted by atomic mass is 10.0. The molecule has 3 aromatic heterocycles. The van der Waals surface area contributed by atoms with E-state index in [9.17, 15) is 0 Å². The predicted molar refractivity (Wildman–Crippen MR) is 161 cm³/mol. The molecule has 40 heavy (non-hydrogen) atoms. The molecule has 4 nitrogen and oxygen atoms in total. The van der Waals surface area contributed by atoms with E-state index in [0.29, 0.717) is 11.6 Å². The Morgan fingerprint density at radius 2 is 1.07 bits per heavy atom. The topological polar surface area (TPSA) is 52.1 Å². The zero-order valence-electron chi connectivity index (χ0n) is 21.4. The van der Waals surface area contributed by atoms with Crippen molar-refractivity contribution in [3.63, 3.8) is 0 Å². The molecule has 8 aromatic rings. The van der Waals surface area contributed by atoms with Gasteiger partial charge in [0.2, 0.25) is 0 Å². The van der Waals surface area contributed by atoms with Gasteiger partial charge in [-0.1, -0.05) is 84.9 Å². The fourth-order valence-corrected chi connectivity index (χ4v) is 5.32. The van der Waals surface area contributed by atoms with Gasteiger partial charge in [0.05, 0.1) is 11.4 Å². The molecule has 5 aromatic carbocycles. The first-order valence-electron chi connectivity index (χ1n) is 13.2. The van der Waals surface area contributed by atoms with Crippen molar-refractivity contribution in [1.29, 1.82) is 0 Å². The normalized spacial score (nSPS) is 11.5. The molecule has 188 valence electrons. The van der Waals surface area contributed by atoms with Crippen molar-refractivity contribution in [1.82, 2.24) is 9.97 Å². The minimum atomic E-state index is 0.547. The van der Waals surface area contributed by atoms with Gasteiger partial charge in [-0.25, -0.2) is 9.97 Å². The maximum atomic E-state index is 6.20. The molecule has 0 aliphatic heterocycles. The van der Waals surface area contributed by atoms with Crippen LogP contribution >= 0.6 is 0 Å². The standard InChI is InChI=1S/C36H22N2O2/c1-2-9-23(10-3-1)24-12-8-13-25(19-24)30-22-31(38-36(37-30)35-21-27-11-4-6-15-32(27)39-35)26-17-18-34-29(20-26)28-14-5-7-16-33(28)40-34/h1-22H. The third kappa shape index (κ3) is 3.86. The van der Waals surface area contributed by atoms with E-state index in [2.05, 4.69) is 72.8 Å². The van der Waals surface area contributed by atoms with E-state index >= 15 is 0 Å². The highest BCUT2D eigenvalue weighted by Crippen LogP contribution is 2.35. The molecule has 0 amide bonds. The number of para-hydroxylation sites is 2. The summed E-state index contributed by atoms with van der Waals surface area (Å²) in [6.45, 7) is 0. The van der Waals surface area contributed by atoms with Crippen molar-refractivity contribution in [3.05, 3.63) is 133 Å². The van der Waals surface area contributed by atoms with Gasteiger partial charge in [-0.05, 0) is 59.7 Å². The van der Waals surface area contributed by atoms with Crippen molar-refractivity contribution in [2.75, 3.05) is 0 Å². The summed E-state index contributed by atoms with van der Waals surface area (Å²) in [5.41, 5.74) is 8.48. The molecule has 0 radical (unpaired) electrons. The van der Waals surface area contributed by atoms with Crippen LogP contribution in [0.4, 0.5) is 0 Å². The highest BCUT2D eigenvalue weighted by Gasteiger charge is 2.16. The minimum Gasteiger partial charge on any atom is -0.456 e. The lowest BCUT2D eigenvalue weighted by Gasteiger charge is -2.10. The smallest absolute Gasteiger partial charge is 0.196 e. The Morgan fingerprint density at radius 1 is 0.400 bits per heavy atom. The fourth-order valence-electron chi connectivity index (χ4n) is 5.32. The molecule has 0 bridgehead atoms. The van der Waals surface area contributed by atoms with Gasteiger partial charge >= 0.3 is 0 Å². The van der Waals surface area contributed by atoms with Crippen molar-refractivity contribution >= 4 is 32.9 Å². The van der Waals surface area contributed by atoms with Gasteiger partial charge in [0, 0.05) is 27.3 Å². The summed E-state index contributed by atoms with van der Waals surface area (Å²) in [6.07, 6.45) is 0. The summed E-state index contributed by atoms with van der Waals surface area (Å²) in [7, 11) is 0. The lowest BCUT2D eigenvalue weighted by Crippen LogP contribution is -1.95. The number of nitrogens with zero attached hydrogens (tertiary/aromatic N) is 2. The van der Waals surface area contributed by atoms with Gasteiger partial charge in [0.1, 0.15) is 16.7 Å². The summed E-state index contributed by atoms with van der Waals surface area (Å²) >= 11 is 0. The van der Waals surface area contributed by atoms with E-state index in [1.54, 1.807) is 0 Å². The molecule has 8 rings (SSSR count). The first-order chi connectivity index (χ1) is 19.8. The average Bonchev–Trinajstić information content (AvgIpc) is 3.63. The molecular formula is C36H22N2O2. The van der Waals surface area contributed by atoms with Crippen LogP contribution in [-0.2, 0) is 0 Å². The first-order valence-corrected chi connectivity index (χ1v) is 13.2. The van der Waals surface area contributed by atoms with Crippen LogP contribution in [0.2, 0.25) is 0 Å². The number of hydrogen-bond donors (Lipinski definition) is 0. The quantitative estimate of drug-likeness (QED) is 0.234. The highest BCUT2D eigenvalue weighted by atomic mass is 16.3. The van der Waals surface area contributed by atoms with E-state index < -0.39 is 0 Å². The molecule has 0 N–H and O–H groups in total. The largest absolute Gasteiger partial charge is 0.456 e. The van der Waals surface area contributed by atoms with Crippen molar-refractivity contribution in [2.24, 2.45) is 0 Å². The van der Waals surface area contributed by atoms with E-state index in [0.717, 1.165) is 66.5 Å². The highest BCUT2D eigenvalue weighted by molar-refractivity contribution is 6.06. The number of rotatable bonds is 4. The molecular weight excluding hydrogens is 492 g/mol. The molecule has 4 heteroatoms. The van der Waals surface area contributed by atoms with Gasteiger partial charge in [0.25, 0.3) is 0 Å². The number of hydrogen-bond acceptors (Lipinski definition) is 4. The summed E-state index contributed by atoms with van der Waals surface area (Å²) in [5.74, 6) is 1.18. The van der Waals surface area contributed by atoms with Crippen LogP contribution in [0.3, 0.4) is 0 Å². The Balaban J connectivity index is 1.33. The Morgan fingerprint density at radius 3 is 1.93 bits per heavy atom. The predicted octanol–water partition coefficient (Wildman–Crippen LogP) is 9.79. The third-order valence-electron chi connectivity index (χ3n) is 7.31. The van der Waals surface area contributed by atoms with Gasteiger partial charge in [-0.2, -0.15) is 0 Å². The van der Waals surface area contributed by atoms with Crippen LogP contribution in [-0.4, -0.2) is 9.97 Å². The fraction of sp³-hybridized carbons (Fsp3) is 0. The van der Waals surface area contributed by atoms with Crippen LogP contribution < -0.4 is 0 Å². The van der Waals surface area contributed by atoms with E-state index in [1.165, 1.54) is 0 Å². The molecule has 0 aliphatic rings. The summed E-state index contributed by atoms with van der Waals surface area (Å²) in [6, 6.07) is 45.2. The second-order valence-electron chi connectivity index (χ2n) is 9.87. The van der Waals surface area contributed by atoms with Gasteiger partial charge in [0.15, 0.2) is 11.6 Å². The van der Waals surface area contributed by atoms with Crippen LogP contribution in [0.5, 0.6) is 0 Å². The van der Waals surface area contributed by atoms with Gasteiger partial charge in [-0.15, -0.1) is 0 Å². The molecule has 0 atom stereocenters. The number of furan rings is 2.